The fourth-order valence-corrected chi connectivity index (χ4v) is 3.44. The largest absolute Gasteiger partial charge is 0.455 e. The number of amides is 2. The number of rotatable bonds is 8. The van der Waals surface area contributed by atoms with E-state index in [1.54, 1.807) is 12.1 Å². The van der Waals surface area contributed by atoms with E-state index in [4.69, 9.17) is 4.74 Å². The number of benzene rings is 2. The van der Waals surface area contributed by atoms with E-state index in [2.05, 4.69) is 11.4 Å². The van der Waals surface area contributed by atoms with Gasteiger partial charge in [0, 0.05) is 13.5 Å². The molecular weight excluding hydrogens is 364 g/mol. The average Bonchev–Trinajstić information content (AvgIpc) is 2.74. The van der Waals surface area contributed by atoms with Gasteiger partial charge in [-0.3, -0.25) is 14.5 Å². The minimum Gasteiger partial charge on any atom is -0.455 e. The summed E-state index contributed by atoms with van der Waals surface area (Å²) in [6.45, 7) is 2.02. The molecule has 0 unspecified atom stereocenters. The molecule has 2 aromatic carbocycles. The van der Waals surface area contributed by atoms with Gasteiger partial charge in [0.15, 0.2) is 5.75 Å². The van der Waals surface area contributed by atoms with Crippen LogP contribution in [0.4, 0.5) is 5.69 Å². The van der Waals surface area contributed by atoms with Crippen molar-refractivity contribution >= 4 is 17.5 Å². The lowest BCUT2D eigenvalue weighted by Gasteiger charge is -2.23. The highest BCUT2D eigenvalue weighted by molar-refractivity contribution is 5.98. The van der Waals surface area contributed by atoms with E-state index in [9.17, 15) is 9.59 Å². The highest BCUT2D eigenvalue weighted by Gasteiger charge is 2.19. The van der Waals surface area contributed by atoms with Crippen molar-refractivity contribution in [1.82, 2.24) is 5.32 Å². The summed E-state index contributed by atoms with van der Waals surface area (Å²) in [5, 5.41) is 2.94. The van der Waals surface area contributed by atoms with E-state index >= 15 is 0 Å². The van der Waals surface area contributed by atoms with Crippen LogP contribution in [0, 0.1) is 0 Å². The maximum absolute atomic E-state index is 12.5. The van der Waals surface area contributed by atoms with Gasteiger partial charge in [-0.1, -0.05) is 42.0 Å². The summed E-state index contributed by atoms with van der Waals surface area (Å²) < 4.78 is 5.95. The molecule has 0 aromatic heterocycles. The molecule has 1 aliphatic rings. The summed E-state index contributed by atoms with van der Waals surface area (Å²) in [7, 11) is 0. The van der Waals surface area contributed by atoms with E-state index in [1.807, 2.05) is 42.5 Å². The predicted molar refractivity (Wildman–Crippen MR) is 115 cm³/mol. The summed E-state index contributed by atoms with van der Waals surface area (Å²) in [5.41, 5.74) is 2.00. The number of hydrogen-bond acceptors (Lipinski definition) is 3. The van der Waals surface area contributed by atoms with Crippen LogP contribution >= 0.6 is 0 Å². The first-order chi connectivity index (χ1) is 14.1. The first kappa shape index (κ1) is 20.6. The summed E-state index contributed by atoms with van der Waals surface area (Å²) in [6.07, 6.45) is 7.91. The Morgan fingerprint density at radius 2 is 1.79 bits per heavy atom. The molecular formula is C24H28N2O3. The molecule has 0 saturated carbocycles. The number of para-hydroxylation sites is 3. The van der Waals surface area contributed by atoms with Gasteiger partial charge in [-0.15, -0.1) is 0 Å². The quantitative estimate of drug-likeness (QED) is 0.654. The van der Waals surface area contributed by atoms with Crippen LogP contribution in [0.5, 0.6) is 11.5 Å². The Bertz CT molecular complexity index is 861. The second kappa shape index (κ2) is 10.5. The molecule has 0 radical (unpaired) electrons. The van der Waals surface area contributed by atoms with E-state index in [0.717, 1.165) is 19.3 Å². The smallest absolute Gasteiger partial charge is 0.240 e. The van der Waals surface area contributed by atoms with Crippen LogP contribution in [0.25, 0.3) is 0 Å². The molecule has 0 aliphatic heterocycles. The second-order valence-electron chi connectivity index (χ2n) is 7.20. The Balaban J connectivity index is 1.64. The highest BCUT2D eigenvalue weighted by Crippen LogP contribution is 2.32. The molecule has 0 fully saturated rings. The van der Waals surface area contributed by atoms with Crippen LogP contribution in [-0.2, 0) is 9.59 Å². The average molecular weight is 392 g/mol. The van der Waals surface area contributed by atoms with Crippen molar-refractivity contribution in [3.63, 3.8) is 0 Å². The molecule has 5 heteroatoms. The number of carbonyl (C=O) groups excluding carboxylic acids is 2. The third-order valence-electron chi connectivity index (χ3n) is 4.96. The third kappa shape index (κ3) is 6.21. The third-order valence-corrected chi connectivity index (χ3v) is 4.96. The first-order valence-electron chi connectivity index (χ1n) is 10.2. The van der Waals surface area contributed by atoms with Gasteiger partial charge >= 0.3 is 0 Å². The molecule has 5 nitrogen and oxygen atoms in total. The van der Waals surface area contributed by atoms with Crippen molar-refractivity contribution in [3.05, 3.63) is 66.2 Å². The molecule has 3 rings (SSSR count). The molecule has 0 spiro atoms. The maximum atomic E-state index is 12.5. The fourth-order valence-electron chi connectivity index (χ4n) is 3.44. The number of carbonyl (C=O) groups is 2. The van der Waals surface area contributed by atoms with E-state index < -0.39 is 0 Å². The monoisotopic (exact) mass is 392 g/mol. The lowest BCUT2D eigenvalue weighted by Crippen LogP contribution is -2.40. The fraction of sp³-hybridized carbons (Fsp3) is 0.333. The molecule has 0 atom stereocenters. The number of allylic oxidation sites excluding steroid dienone is 1. The Morgan fingerprint density at radius 3 is 2.52 bits per heavy atom. The van der Waals surface area contributed by atoms with Gasteiger partial charge in [0.1, 0.15) is 12.3 Å². The Kier molecular flexibility index (Phi) is 7.45. The van der Waals surface area contributed by atoms with Crippen molar-refractivity contribution < 1.29 is 14.3 Å². The van der Waals surface area contributed by atoms with Crippen molar-refractivity contribution in [2.75, 3.05) is 18.0 Å². The maximum Gasteiger partial charge on any atom is 0.240 e. The first-order valence-corrected chi connectivity index (χ1v) is 10.2. The van der Waals surface area contributed by atoms with Gasteiger partial charge in [0.05, 0.1) is 5.69 Å². The van der Waals surface area contributed by atoms with Gasteiger partial charge in [-0.2, -0.15) is 0 Å². The van der Waals surface area contributed by atoms with Crippen LogP contribution in [0.3, 0.4) is 0 Å². The molecule has 0 saturated heterocycles. The van der Waals surface area contributed by atoms with Gasteiger partial charge < -0.3 is 10.1 Å². The Morgan fingerprint density at radius 1 is 1.03 bits per heavy atom. The van der Waals surface area contributed by atoms with Crippen molar-refractivity contribution in [1.29, 1.82) is 0 Å². The van der Waals surface area contributed by atoms with Crippen LogP contribution in [0.1, 0.15) is 39.0 Å². The molecule has 2 amide bonds. The molecule has 1 aliphatic carbocycles. The number of ether oxygens (including phenoxy) is 1. The molecule has 0 bridgehead atoms. The minimum atomic E-state index is -0.209. The van der Waals surface area contributed by atoms with Crippen LogP contribution in [0.2, 0.25) is 0 Å². The van der Waals surface area contributed by atoms with Crippen molar-refractivity contribution in [2.24, 2.45) is 0 Å². The lowest BCUT2D eigenvalue weighted by atomic mass is 9.97. The summed E-state index contributed by atoms with van der Waals surface area (Å²) in [4.78, 5) is 26.2. The molecule has 1 N–H and O–H groups in total. The topological polar surface area (TPSA) is 58.6 Å². The van der Waals surface area contributed by atoms with Gasteiger partial charge in [0.2, 0.25) is 11.8 Å². The van der Waals surface area contributed by atoms with Gasteiger partial charge in [0.25, 0.3) is 0 Å². The normalized spacial score (nSPS) is 13.3. The number of anilines is 1. The van der Waals surface area contributed by atoms with Crippen LogP contribution in [0.15, 0.2) is 66.2 Å². The summed E-state index contributed by atoms with van der Waals surface area (Å²) in [5.74, 6) is 0.827. The summed E-state index contributed by atoms with van der Waals surface area (Å²) in [6, 6.07) is 16.6. The van der Waals surface area contributed by atoms with Crippen molar-refractivity contribution in [3.8, 4) is 11.5 Å². The standard InChI is InChI=1S/C24H28N2O3/c1-19(27)26(18-24(28)25-17-16-20-10-4-2-5-11-20)22-14-8-9-15-23(22)29-21-12-6-3-7-13-21/h3,6-10,12-15H,2,4-5,11,16-18H2,1H3,(H,25,28). The second-order valence-corrected chi connectivity index (χ2v) is 7.20. The summed E-state index contributed by atoms with van der Waals surface area (Å²) >= 11 is 0. The number of nitrogens with one attached hydrogen (secondary N) is 1. The minimum absolute atomic E-state index is 0.0382. The van der Waals surface area contributed by atoms with E-state index in [-0.39, 0.29) is 18.4 Å². The SMILES string of the molecule is CC(=O)N(CC(=O)NCCC1=CCCCC1)c1ccccc1Oc1ccccc1. The molecule has 2 aromatic rings. The predicted octanol–water partition coefficient (Wildman–Crippen LogP) is 4.84. The number of hydrogen-bond donors (Lipinski definition) is 1. The zero-order valence-corrected chi connectivity index (χ0v) is 16.9. The van der Waals surface area contributed by atoms with Crippen LogP contribution in [-0.4, -0.2) is 24.9 Å². The van der Waals surface area contributed by atoms with Gasteiger partial charge in [-0.05, 0) is 56.4 Å². The number of nitrogens with zero attached hydrogens (tertiary/aromatic N) is 1. The zero-order valence-electron chi connectivity index (χ0n) is 16.9. The van der Waals surface area contributed by atoms with Crippen molar-refractivity contribution in [2.45, 2.75) is 39.0 Å². The molecule has 29 heavy (non-hydrogen) atoms. The zero-order chi connectivity index (χ0) is 20.5. The highest BCUT2D eigenvalue weighted by atomic mass is 16.5. The Hall–Kier alpha value is -3.08. The van der Waals surface area contributed by atoms with E-state index in [1.165, 1.54) is 30.2 Å². The van der Waals surface area contributed by atoms with E-state index in [0.29, 0.717) is 23.7 Å². The van der Waals surface area contributed by atoms with Crippen LogP contribution < -0.4 is 15.0 Å². The molecule has 152 valence electrons. The lowest BCUT2D eigenvalue weighted by molar-refractivity contribution is -0.123. The van der Waals surface area contributed by atoms with Gasteiger partial charge in [-0.25, -0.2) is 0 Å². The molecule has 0 heterocycles. The Labute approximate surface area is 172 Å².